The Hall–Kier alpha value is 1.21. The van der Waals surface area contributed by atoms with E-state index in [1.807, 2.05) is 0 Å². The van der Waals surface area contributed by atoms with Crippen LogP contribution in [0.2, 0.25) is 0 Å². The molecule has 0 aliphatic rings. The quantitative estimate of drug-likeness (QED) is 0.377. The predicted octanol–water partition coefficient (Wildman–Crippen LogP) is -14.8. The van der Waals surface area contributed by atoms with Crippen molar-refractivity contribution in [2.24, 2.45) is 0 Å². The first-order chi connectivity index (χ1) is 0. The molecule has 0 spiro atoms. The molecular formula is H14Cl3O7Ru. The number of hydrogen-bond donors (Lipinski definition) is 0. The van der Waals surface area contributed by atoms with Crippen LogP contribution in [0, 0.1) is 0 Å². The van der Waals surface area contributed by atoms with E-state index >= 15 is 0 Å². The summed E-state index contributed by atoms with van der Waals surface area (Å²) >= 11 is 0. The minimum atomic E-state index is 0. The first kappa shape index (κ1) is 1040. The van der Waals surface area contributed by atoms with E-state index in [2.05, 4.69) is 0 Å². The fourth-order valence-electron chi connectivity index (χ4n) is 0. The molecular weight excluding hydrogens is 319 g/mol. The van der Waals surface area contributed by atoms with Crippen LogP contribution in [-0.2, 0) is 19.5 Å². The summed E-state index contributed by atoms with van der Waals surface area (Å²) in [7, 11) is 0. The summed E-state index contributed by atoms with van der Waals surface area (Å²) in [5, 5.41) is 0. The number of halogens is 3. The molecule has 0 amide bonds. The maximum absolute atomic E-state index is 0. The second kappa shape index (κ2) is 794. The summed E-state index contributed by atoms with van der Waals surface area (Å²) < 4.78 is 0. The summed E-state index contributed by atoms with van der Waals surface area (Å²) in [6.07, 6.45) is 0. The van der Waals surface area contributed by atoms with Crippen molar-refractivity contribution >= 4 is 0 Å². The third-order valence-corrected chi connectivity index (χ3v) is 0. The van der Waals surface area contributed by atoms with Crippen LogP contribution >= 0.6 is 0 Å². The Bertz CT molecular complexity index is 13.6. The molecule has 11 heteroatoms. The molecule has 0 unspecified atom stereocenters. The van der Waals surface area contributed by atoms with E-state index in [9.17, 15) is 0 Å². The Morgan fingerprint density at radius 1 is 0.273 bits per heavy atom. The van der Waals surface area contributed by atoms with Gasteiger partial charge in [-0.3, -0.25) is 0 Å². The third kappa shape index (κ3) is 647. The maximum atomic E-state index is 0. The van der Waals surface area contributed by atoms with Gasteiger partial charge in [-0.15, -0.1) is 0 Å². The van der Waals surface area contributed by atoms with Gasteiger partial charge in [0, 0.05) is 0 Å². The van der Waals surface area contributed by atoms with Crippen molar-refractivity contribution in [2.75, 3.05) is 0 Å². The van der Waals surface area contributed by atoms with E-state index < -0.39 is 0 Å². The monoisotopic (exact) mass is 333 g/mol. The van der Waals surface area contributed by atoms with Gasteiger partial charge in [-0.1, -0.05) is 0 Å². The smallest absolute Gasteiger partial charge is 1.00 e. The molecule has 85 valence electrons. The fraction of sp³-hybridized carbons (Fsp3) is 0. The van der Waals surface area contributed by atoms with Gasteiger partial charge in [0.15, 0.2) is 0 Å². The molecule has 0 aliphatic heterocycles. The molecule has 11 heavy (non-hydrogen) atoms. The molecule has 0 heterocycles. The molecule has 0 aliphatic carbocycles. The van der Waals surface area contributed by atoms with Crippen molar-refractivity contribution in [3.8, 4) is 0 Å². The molecule has 0 bridgehead atoms. The molecule has 0 saturated carbocycles. The Morgan fingerprint density at radius 2 is 0.273 bits per heavy atom. The summed E-state index contributed by atoms with van der Waals surface area (Å²) in [5.41, 5.74) is 0. The van der Waals surface area contributed by atoms with Gasteiger partial charge in [-0.2, -0.15) is 0 Å². The zero-order chi connectivity index (χ0) is 0. The maximum Gasteiger partial charge on any atom is 3.00 e. The van der Waals surface area contributed by atoms with Gasteiger partial charge in [0.1, 0.15) is 0 Å². The van der Waals surface area contributed by atoms with Gasteiger partial charge >= 0.3 is 19.5 Å². The van der Waals surface area contributed by atoms with Crippen LogP contribution in [0.1, 0.15) is 0 Å². The second-order valence-electron chi connectivity index (χ2n) is 0. The van der Waals surface area contributed by atoms with Crippen molar-refractivity contribution in [1.29, 1.82) is 0 Å². The van der Waals surface area contributed by atoms with Crippen LogP contribution in [0.4, 0.5) is 0 Å². The summed E-state index contributed by atoms with van der Waals surface area (Å²) in [6, 6.07) is 0. The number of rotatable bonds is 0. The molecule has 0 aromatic heterocycles. The summed E-state index contributed by atoms with van der Waals surface area (Å²) in [6.45, 7) is 0. The zero-order valence-corrected chi connectivity index (χ0v) is 8.99. The average molecular weight is 334 g/mol. The minimum Gasteiger partial charge on any atom is -1.00 e. The Kier molecular flexibility index (Phi) is 75300. The molecule has 0 saturated heterocycles. The van der Waals surface area contributed by atoms with Crippen LogP contribution in [-0.4, -0.2) is 38.3 Å². The summed E-state index contributed by atoms with van der Waals surface area (Å²) in [4.78, 5) is 0. The molecule has 1 radical (unpaired) electrons. The van der Waals surface area contributed by atoms with Crippen LogP contribution in [0.25, 0.3) is 0 Å². The first-order valence-corrected chi connectivity index (χ1v) is 0. The normalized spacial score (nSPS) is 0. The van der Waals surface area contributed by atoms with E-state index in [4.69, 9.17) is 0 Å². The molecule has 0 aromatic rings. The van der Waals surface area contributed by atoms with Gasteiger partial charge in [0.05, 0.1) is 0 Å². The fourth-order valence-corrected chi connectivity index (χ4v) is 0. The first-order valence-electron chi connectivity index (χ1n) is 0. The van der Waals surface area contributed by atoms with E-state index in [1.54, 1.807) is 0 Å². The van der Waals surface area contributed by atoms with Gasteiger partial charge in [0.2, 0.25) is 0 Å². The molecule has 0 aromatic carbocycles. The third-order valence-electron chi connectivity index (χ3n) is 0. The van der Waals surface area contributed by atoms with Crippen molar-refractivity contribution in [3.63, 3.8) is 0 Å². The van der Waals surface area contributed by atoms with E-state index in [-0.39, 0.29) is 95.0 Å². The van der Waals surface area contributed by atoms with E-state index in [0.29, 0.717) is 0 Å². The molecule has 0 fully saturated rings. The Balaban J connectivity index is 0. The van der Waals surface area contributed by atoms with Gasteiger partial charge in [0.25, 0.3) is 0 Å². The van der Waals surface area contributed by atoms with Crippen molar-refractivity contribution in [1.82, 2.24) is 0 Å². The largest absolute Gasteiger partial charge is 3.00 e. The molecule has 0 atom stereocenters. The van der Waals surface area contributed by atoms with Crippen LogP contribution in [0.15, 0.2) is 0 Å². The molecule has 14 N–H and O–H groups in total. The van der Waals surface area contributed by atoms with Crippen LogP contribution in [0.5, 0.6) is 0 Å². The minimum absolute atomic E-state index is 0. The van der Waals surface area contributed by atoms with Crippen molar-refractivity contribution in [2.45, 2.75) is 0 Å². The molecule has 0 rings (SSSR count). The molecule has 7 nitrogen and oxygen atoms in total. The van der Waals surface area contributed by atoms with E-state index in [0.717, 1.165) is 0 Å². The topological polar surface area (TPSA) is 220 Å². The van der Waals surface area contributed by atoms with Crippen molar-refractivity contribution in [3.05, 3.63) is 0 Å². The van der Waals surface area contributed by atoms with Crippen LogP contribution < -0.4 is 37.2 Å². The number of hydrogen-bond acceptors (Lipinski definition) is 0. The SMILES string of the molecule is O.O.O.O.O.O.O.[Cl-].[Cl-].[Cl-].[Ru+3]. The van der Waals surface area contributed by atoms with Gasteiger partial charge in [-0.05, 0) is 0 Å². The Morgan fingerprint density at radius 3 is 0.273 bits per heavy atom. The Labute approximate surface area is 95.1 Å². The zero-order valence-electron chi connectivity index (χ0n) is 4.99. The average Bonchev–Trinajstić information content (AvgIpc) is 0. The van der Waals surface area contributed by atoms with Gasteiger partial charge < -0.3 is 75.6 Å². The van der Waals surface area contributed by atoms with E-state index in [1.165, 1.54) is 0 Å². The standard InChI is InChI=1S/3ClH.7H2O.Ru/h3*1H;7*1H2;/q;;;;;;;;;;+3/p-3. The predicted molar refractivity (Wildman–Crippen MR) is 25.3 cm³/mol. The summed E-state index contributed by atoms with van der Waals surface area (Å²) in [5.74, 6) is 0. The second-order valence-corrected chi connectivity index (χ2v) is 0. The van der Waals surface area contributed by atoms with Crippen LogP contribution in [0.3, 0.4) is 0 Å². The van der Waals surface area contributed by atoms with Crippen molar-refractivity contribution < 1.29 is 95.0 Å². The van der Waals surface area contributed by atoms with Gasteiger partial charge in [-0.25, -0.2) is 0 Å².